The molecule has 0 bridgehead atoms. The van der Waals surface area contributed by atoms with Crippen LogP contribution in [0.5, 0.6) is 23.0 Å². The number of aromatic nitrogens is 4. The van der Waals surface area contributed by atoms with Crippen molar-refractivity contribution in [1.82, 2.24) is 17.5 Å². The second-order valence-electron chi connectivity index (χ2n) is 8.51. The van der Waals surface area contributed by atoms with E-state index in [1.807, 2.05) is 54.6 Å². The second-order valence-corrected chi connectivity index (χ2v) is 14.1. The van der Waals surface area contributed by atoms with Gasteiger partial charge in [-0.05, 0) is 40.7 Å². The molecule has 17 heteroatoms. The van der Waals surface area contributed by atoms with Crippen LogP contribution in [0.3, 0.4) is 0 Å². The number of hydrogen-bond acceptors (Lipinski definition) is 10. The van der Waals surface area contributed by atoms with Gasteiger partial charge in [-0.25, -0.2) is 0 Å². The SMILES string of the molecule is N#Cc1c(C#N)c(C#N)c(On2[pH][nH]pnp(Oc3ccccc3)n(Oc3ccccc3)p2Oc2ccccc2)c(C#N)c1C#N. The van der Waals surface area contributed by atoms with E-state index in [0.717, 1.165) is 0 Å². The van der Waals surface area contributed by atoms with Crippen LogP contribution in [0.15, 0.2) is 91.0 Å². The smallest absolute Gasteiger partial charge is 0.318 e. The van der Waals surface area contributed by atoms with Crippen LogP contribution in [0, 0.1) is 56.7 Å². The Labute approximate surface area is 267 Å². The van der Waals surface area contributed by atoms with Crippen LogP contribution in [-0.2, 0) is 0 Å². The van der Waals surface area contributed by atoms with Crippen LogP contribution in [-0.4, -0.2) is 17.5 Å². The molecule has 1 N–H and O–H groups in total. The maximum atomic E-state index is 10.1. The number of aromatic amines is 1. The Morgan fingerprint density at radius 3 is 1.57 bits per heavy atom. The van der Waals surface area contributed by atoms with Gasteiger partial charge in [0.2, 0.25) is 0 Å². The number of rotatable bonds is 8. The maximum absolute atomic E-state index is 10.1. The van der Waals surface area contributed by atoms with Crippen molar-refractivity contribution < 1.29 is 18.7 Å². The molecule has 1 heterocycles. The molecule has 4 aromatic carbocycles. The molecule has 222 valence electrons. The fourth-order valence-corrected chi connectivity index (χ4v) is 9.81. The summed E-state index contributed by atoms with van der Waals surface area (Å²) in [7, 11) is -4.30. The molecule has 0 saturated heterocycles. The van der Waals surface area contributed by atoms with Crippen LogP contribution in [0.2, 0.25) is 0 Å². The quantitative estimate of drug-likeness (QED) is 0.171. The van der Waals surface area contributed by atoms with Gasteiger partial charge in [-0.1, -0.05) is 58.9 Å². The minimum Gasteiger partial charge on any atom is -0.414 e. The summed E-state index contributed by atoms with van der Waals surface area (Å²) < 4.78 is 23.3. The Kier molecular flexibility index (Phi) is 10.3. The van der Waals surface area contributed by atoms with E-state index in [-0.39, 0.29) is 0 Å². The normalized spacial score (nSPS) is 10.8. The summed E-state index contributed by atoms with van der Waals surface area (Å²) in [6.45, 7) is 0. The van der Waals surface area contributed by atoms with Crippen molar-refractivity contribution >= 4 is 33.2 Å². The van der Waals surface area contributed by atoms with Crippen molar-refractivity contribution in [2.45, 2.75) is 0 Å². The summed E-state index contributed by atoms with van der Waals surface area (Å²) in [4.78, 5) is 12.7. The molecule has 46 heavy (non-hydrogen) atoms. The molecule has 5 aromatic rings. The van der Waals surface area contributed by atoms with Crippen LogP contribution in [0.25, 0.3) is 0 Å². The number of nitrogens with zero attached hydrogens (tertiary/aromatic N) is 8. The topological polar surface area (TPSA) is 194 Å². The van der Waals surface area contributed by atoms with Gasteiger partial charge in [-0.15, -0.1) is 4.51 Å². The second kappa shape index (κ2) is 15.1. The predicted molar refractivity (Wildman–Crippen MR) is 171 cm³/mol. The first kappa shape index (κ1) is 31.4. The van der Waals surface area contributed by atoms with Gasteiger partial charge in [0, 0.05) is 0 Å². The average Bonchev–Trinajstić information content (AvgIpc) is 3.10. The number of hydrogen-bond donors (Lipinski definition) is 1. The molecule has 0 aliphatic rings. The van der Waals surface area contributed by atoms with E-state index in [1.54, 1.807) is 66.7 Å². The molecule has 1 aromatic heterocycles. The molecular formula is C29H17N9O4P4. The Morgan fingerprint density at radius 2 is 1.07 bits per heavy atom. The summed E-state index contributed by atoms with van der Waals surface area (Å²) >= 11 is 0. The van der Waals surface area contributed by atoms with E-state index in [2.05, 4.69) is 9.02 Å². The lowest BCUT2D eigenvalue weighted by Gasteiger charge is -2.20. The highest BCUT2D eigenvalue weighted by molar-refractivity contribution is 7.54. The summed E-state index contributed by atoms with van der Waals surface area (Å²) in [5, 5.41) is 49.7. The largest absolute Gasteiger partial charge is 0.414 e. The third-order valence-electron chi connectivity index (χ3n) is 5.75. The van der Waals surface area contributed by atoms with E-state index in [0.29, 0.717) is 25.8 Å². The summed E-state index contributed by atoms with van der Waals surface area (Å²) in [6.07, 6.45) is 0. The molecule has 0 spiro atoms. The fourth-order valence-electron chi connectivity index (χ4n) is 3.77. The Balaban J connectivity index is 1.85. The van der Waals surface area contributed by atoms with E-state index in [9.17, 15) is 26.3 Å². The molecular weight excluding hydrogens is 662 g/mol. The van der Waals surface area contributed by atoms with Crippen molar-refractivity contribution in [2.24, 2.45) is 0 Å². The van der Waals surface area contributed by atoms with Gasteiger partial charge in [0.25, 0.3) is 0 Å². The summed E-state index contributed by atoms with van der Waals surface area (Å²) in [5.74, 6) is 0.949. The first-order valence-electron chi connectivity index (χ1n) is 12.8. The van der Waals surface area contributed by atoms with Gasteiger partial charge in [0.1, 0.15) is 61.5 Å². The van der Waals surface area contributed by atoms with Crippen molar-refractivity contribution in [2.75, 3.05) is 0 Å². The number of nitriles is 5. The zero-order valence-corrected chi connectivity index (χ0v) is 26.9. The van der Waals surface area contributed by atoms with Gasteiger partial charge < -0.3 is 18.7 Å². The van der Waals surface area contributed by atoms with Gasteiger partial charge in [-0.3, -0.25) is 4.51 Å². The van der Waals surface area contributed by atoms with E-state index >= 15 is 0 Å². The highest BCUT2D eigenvalue weighted by Crippen LogP contribution is 2.42. The van der Waals surface area contributed by atoms with Gasteiger partial charge in [0.15, 0.2) is 11.5 Å². The first-order chi connectivity index (χ1) is 22.6. The number of para-hydroxylation sites is 3. The molecule has 5 rings (SSSR count). The lowest BCUT2D eigenvalue weighted by molar-refractivity contribution is 0.233. The molecule has 0 aliphatic heterocycles. The molecule has 0 radical (unpaired) electrons. The van der Waals surface area contributed by atoms with E-state index in [1.165, 1.54) is 8.51 Å². The van der Waals surface area contributed by atoms with E-state index in [4.69, 9.17) is 18.7 Å². The Bertz CT molecular complexity index is 2130. The highest BCUT2D eigenvalue weighted by Gasteiger charge is 2.28. The summed E-state index contributed by atoms with van der Waals surface area (Å²) in [5.41, 5.74) is -1.97. The third-order valence-corrected chi connectivity index (χ3v) is 11.4. The maximum Gasteiger partial charge on any atom is 0.318 e. The van der Waals surface area contributed by atoms with E-state index < -0.39 is 58.2 Å². The van der Waals surface area contributed by atoms with Crippen LogP contribution >= 0.6 is 33.2 Å². The van der Waals surface area contributed by atoms with Gasteiger partial charge in [0.05, 0.1) is 25.2 Å². The zero-order valence-electron chi connectivity index (χ0n) is 23.2. The standard InChI is InChI=1S/C29H17N9O4P4/c30-16-24-25(17-31)27(19-33)29(28(20-34)26(24)18-32)40-37-44-35-43-36-45(41-22-12-6-2-7-13-22)38(39-21-10-4-1-5-11-21)46(37)42-23-14-8-3-9-15-23/h1-15,44H,(H,35,36). The summed E-state index contributed by atoms with van der Waals surface area (Å²) in [6, 6.07) is 35.8. The minimum absolute atomic E-state index is 0.373. The molecule has 0 aliphatic carbocycles. The van der Waals surface area contributed by atoms with Gasteiger partial charge >= 0.3 is 16.2 Å². The van der Waals surface area contributed by atoms with Crippen molar-refractivity contribution in [3.8, 4) is 53.3 Å². The Hall–Kier alpha value is -6.07. The molecule has 13 nitrogen and oxygen atoms in total. The van der Waals surface area contributed by atoms with Crippen LogP contribution in [0.1, 0.15) is 27.8 Å². The highest BCUT2D eigenvalue weighted by atomic mass is 31.2. The third kappa shape index (κ3) is 6.85. The number of nitrogens with one attached hydrogen (secondary N) is 1. The van der Waals surface area contributed by atoms with Crippen molar-refractivity contribution in [3.05, 3.63) is 119 Å². The lowest BCUT2D eigenvalue weighted by atomic mass is 9.93. The molecule has 0 amide bonds. The minimum atomic E-state index is -2.25. The molecule has 0 fully saturated rings. The van der Waals surface area contributed by atoms with Crippen LogP contribution < -0.4 is 18.7 Å². The molecule has 3 unspecified atom stereocenters. The first-order valence-corrected chi connectivity index (χ1v) is 17.0. The zero-order chi connectivity index (χ0) is 32.3. The molecule has 0 saturated carbocycles. The van der Waals surface area contributed by atoms with Gasteiger partial charge in [-0.2, -0.15) is 26.3 Å². The van der Waals surface area contributed by atoms with Crippen molar-refractivity contribution in [3.63, 3.8) is 0 Å². The Morgan fingerprint density at radius 1 is 0.609 bits per heavy atom. The number of H-pyrrole nitrogens is 1. The van der Waals surface area contributed by atoms with Crippen molar-refractivity contribution in [1.29, 1.82) is 26.3 Å². The predicted octanol–water partition coefficient (Wildman–Crippen LogP) is 7.57. The number of benzene rings is 4. The molecule has 3 atom stereocenters. The monoisotopic (exact) mass is 679 g/mol. The average molecular weight is 679 g/mol. The van der Waals surface area contributed by atoms with Crippen LogP contribution in [0.4, 0.5) is 0 Å². The fraction of sp³-hybridized carbons (Fsp3) is 0. The lowest BCUT2D eigenvalue weighted by Crippen LogP contribution is -2.14.